The minimum absolute atomic E-state index is 0.0569. The normalized spacial score (nSPS) is 11.4. The van der Waals surface area contributed by atoms with Crippen molar-refractivity contribution in [2.24, 2.45) is 0 Å². The van der Waals surface area contributed by atoms with E-state index in [1.54, 1.807) is 48.8 Å². The molecule has 0 atom stereocenters. The molecular weight excluding hydrogens is 385 g/mol. The van der Waals surface area contributed by atoms with Crippen molar-refractivity contribution in [2.75, 3.05) is 5.32 Å². The van der Waals surface area contributed by atoms with Crippen molar-refractivity contribution in [1.82, 2.24) is 15.0 Å². The molecule has 4 rings (SSSR count). The quantitative estimate of drug-likeness (QED) is 0.506. The molecule has 1 amide bonds. The van der Waals surface area contributed by atoms with Crippen LogP contribution in [0.3, 0.4) is 0 Å². The maximum atomic E-state index is 12.8. The lowest BCUT2D eigenvalue weighted by Gasteiger charge is -2.06. The standard InChI is InChI=1S/C20H13F3N4O2/c21-20(22,23)13-3-6-16-17(11-13)26-19(25-16)27-18(28)12-1-4-14(5-2-12)29-15-7-9-24-10-8-15/h1-11H,(H2,25,26,27,28). The molecule has 4 aromatic rings. The number of anilines is 1. The van der Waals surface area contributed by atoms with Gasteiger partial charge in [0.15, 0.2) is 0 Å². The van der Waals surface area contributed by atoms with Crippen molar-refractivity contribution in [3.05, 3.63) is 78.1 Å². The number of carbonyl (C=O) groups excluding carboxylic acids is 1. The summed E-state index contributed by atoms with van der Waals surface area (Å²) in [5.41, 5.74) is 0.0328. The number of pyridine rings is 1. The van der Waals surface area contributed by atoms with Crippen molar-refractivity contribution >= 4 is 22.9 Å². The third kappa shape index (κ3) is 4.18. The molecule has 0 aliphatic rings. The van der Waals surface area contributed by atoms with Crippen LogP contribution in [0.25, 0.3) is 11.0 Å². The average molecular weight is 398 g/mol. The van der Waals surface area contributed by atoms with E-state index in [4.69, 9.17) is 4.74 Å². The van der Waals surface area contributed by atoms with Gasteiger partial charge < -0.3 is 9.72 Å². The second-order valence-corrected chi connectivity index (χ2v) is 6.08. The molecule has 0 aliphatic carbocycles. The Kier molecular flexibility index (Phi) is 4.63. The minimum atomic E-state index is -4.46. The van der Waals surface area contributed by atoms with Gasteiger partial charge in [-0.2, -0.15) is 13.2 Å². The van der Waals surface area contributed by atoms with Crippen molar-refractivity contribution in [2.45, 2.75) is 6.18 Å². The molecule has 9 heteroatoms. The van der Waals surface area contributed by atoms with Crippen LogP contribution < -0.4 is 10.1 Å². The van der Waals surface area contributed by atoms with Gasteiger partial charge >= 0.3 is 6.18 Å². The number of nitrogens with zero attached hydrogens (tertiary/aromatic N) is 2. The number of H-pyrrole nitrogens is 1. The Hall–Kier alpha value is -3.88. The van der Waals surface area contributed by atoms with Gasteiger partial charge in [0, 0.05) is 18.0 Å². The van der Waals surface area contributed by atoms with Gasteiger partial charge in [-0.05, 0) is 54.6 Å². The number of nitrogens with one attached hydrogen (secondary N) is 2. The molecule has 146 valence electrons. The first-order chi connectivity index (χ1) is 13.9. The van der Waals surface area contributed by atoms with E-state index in [0.717, 1.165) is 12.1 Å². The summed E-state index contributed by atoms with van der Waals surface area (Å²) in [5, 5.41) is 2.54. The number of carbonyl (C=O) groups is 1. The van der Waals surface area contributed by atoms with Crippen LogP contribution in [-0.2, 0) is 6.18 Å². The molecule has 6 nitrogen and oxygen atoms in total. The van der Waals surface area contributed by atoms with E-state index in [9.17, 15) is 18.0 Å². The molecule has 0 spiro atoms. The Bertz CT molecular complexity index is 1160. The van der Waals surface area contributed by atoms with Gasteiger partial charge in [-0.1, -0.05) is 0 Å². The first-order valence-corrected chi connectivity index (χ1v) is 8.45. The van der Waals surface area contributed by atoms with E-state index in [1.807, 2.05) is 0 Å². The summed E-state index contributed by atoms with van der Waals surface area (Å²) in [6.45, 7) is 0. The molecule has 2 N–H and O–H groups in total. The van der Waals surface area contributed by atoms with Crippen LogP contribution in [0.15, 0.2) is 67.0 Å². The molecule has 2 aromatic heterocycles. The Morgan fingerprint density at radius 2 is 1.66 bits per heavy atom. The smallest absolute Gasteiger partial charge is 0.416 e. The molecular formula is C20H13F3N4O2. The first kappa shape index (κ1) is 18.5. The van der Waals surface area contributed by atoms with Crippen LogP contribution in [0.5, 0.6) is 11.5 Å². The number of fused-ring (bicyclic) bond motifs is 1. The summed E-state index contributed by atoms with van der Waals surface area (Å²) in [5.74, 6) is 0.742. The molecule has 0 saturated heterocycles. The minimum Gasteiger partial charge on any atom is -0.457 e. The monoisotopic (exact) mass is 398 g/mol. The topological polar surface area (TPSA) is 79.9 Å². The fourth-order valence-corrected chi connectivity index (χ4v) is 2.64. The van der Waals surface area contributed by atoms with Crippen LogP contribution >= 0.6 is 0 Å². The van der Waals surface area contributed by atoms with Crippen molar-refractivity contribution in [1.29, 1.82) is 0 Å². The maximum Gasteiger partial charge on any atom is 0.416 e. The number of hydrogen-bond donors (Lipinski definition) is 2. The molecule has 2 heterocycles. The van der Waals surface area contributed by atoms with Gasteiger partial charge in [0.05, 0.1) is 16.6 Å². The molecule has 0 fully saturated rings. The lowest BCUT2D eigenvalue weighted by Crippen LogP contribution is -2.12. The summed E-state index contributed by atoms with van der Waals surface area (Å²) in [6.07, 6.45) is -1.26. The average Bonchev–Trinajstić information content (AvgIpc) is 3.10. The van der Waals surface area contributed by atoms with E-state index in [0.29, 0.717) is 22.6 Å². The van der Waals surface area contributed by atoms with Crippen LogP contribution in [0.1, 0.15) is 15.9 Å². The van der Waals surface area contributed by atoms with E-state index in [-0.39, 0.29) is 11.5 Å². The van der Waals surface area contributed by atoms with Crippen LogP contribution in [0.2, 0.25) is 0 Å². The summed E-state index contributed by atoms with van der Waals surface area (Å²) in [6, 6.07) is 12.9. The van der Waals surface area contributed by atoms with E-state index < -0.39 is 17.6 Å². The highest BCUT2D eigenvalue weighted by molar-refractivity contribution is 6.04. The molecule has 0 radical (unpaired) electrons. The number of hydrogen-bond acceptors (Lipinski definition) is 4. The Morgan fingerprint density at radius 1 is 0.966 bits per heavy atom. The van der Waals surface area contributed by atoms with E-state index in [1.165, 1.54) is 6.07 Å². The van der Waals surface area contributed by atoms with Gasteiger partial charge in [0.1, 0.15) is 11.5 Å². The number of halogens is 3. The molecule has 0 aliphatic heterocycles. The van der Waals surface area contributed by atoms with Gasteiger partial charge in [-0.15, -0.1) is 0 Å². The predicted octanol–water partition coefficient (Wildman–Crippen LogP) is 5.02. The zero-order valence-electron chi connectivity index (χ0n) is 14.7. The predicted molar refractivity (Wildman–Crippen MR) is 99.8 cm³/mol. The number of benzene rings is 2. The SMILES string of the molecule is O=C(Nc1nc2ccc(C(F)(F)F)cc2[nH]1)c1ccc(Oc2ccncc2)cc1. The number of imidazole rings is 1. The number of aromatic nitrogens is 3. The van der Waals surface area contributed by atoms with Crippen LogP contribution in [0, 0.1) is 0 Å². The summed E-state index contributed by atoms with van der Waals surface area (Å²) in [7, 11) is 0. The lowest BCUT2D eigenvalue weighted by atomic mass is 10.2. The number of aromatic amines is 1. The van der Waals surface area contributed by atoms with Crippen molar-refractivity contribution in [3.8, 4) is 11.5 Å². The van der Waals surface area contributed by atoms with Gasteiger partial charge in [0.2, 0.25) is 5.95 Å². The molecule has 29 heavy (non-hydrogen) atoms. The van der Waals surface area contributed by atoms with Crippen LogP contribution in [-0.4, -0.2) is 20.9 Å². The number of amides is 1. The van der Waals surface area contributed by atoms with Gasteiger partial charge in [-0.25, -0.2) is 4.98 Å². The number of ether oxygens (including phenoxy) is 1. The first-order valence-electron chi connectivity index (χ1n) is 8.45. The fourth-order valence-electron chi connectivity index (χ4n) is 2.64. The Labute approximate surface area is 162 Å². The second kappa shape index (κ2) is 7.27. The van der Waals surface area contributed by atoms with Gasteiger partial charge in [-0.3, -0.25) is 15.1 Å². The summed E-state index contributed by atoms with van der Waals surface area (Å²) >= 11 is 0. The highest BCUT2D eigenvalue weighted by atomic mass is 19.4. The molecule has 0 saturated carbocycles. The second-order valence-electron chi connectivity index (χ2n) is 6.08. The fraction of sp³-hybridized carbons (Fsp3) is 0.0500. The largest absolute Gasteiger partial charge is 0.457 e. The van der Waals surface area contributed by atoms with Crippen molar-refractivity contribution < 1.29 is 22.7 Å². The maximum absolute atomic E-state index is 12.8. The number of rotatable bonds is 4. The third-order valence-electron chi connectivity index (χ3n) is 4.04. The van der Waals surface area contributed by atoms with Gasteiger partial charge in [0.25, 0.3) is 5.91 Å². The Morgan fingerprint density at radius 3 is 2.34 bits per heavy atom. The lowest BCUT2D eigenvalue weighted by molar-refractivity contribution is -0.137. The molecule has 0 unspecified atom stereocenters. The van der Waals surface area contributed by atoms with Crippen molar-refractivity contribution in [3.63, 3.8) is 0 Å². The van der Waals surface area contributed by atoms with E-state index >= 15 is 0 Å². The summed E-state index contributed by atoms with van der Waals surface area (Å²) < 4.78 is 44.0. The molecule has 2 aromatic carbocycles. The highest BCUT2D eigenvalue weighted by Crippen LogP contribution is 2.31. The van der Waals surface area contributed by atoms with E-state index in [2.05, 4.69) is 20.3 Å². The zero-order valence-corrected chi connectivity index (χ0v) is 14.7. The summed E-state index contributed by atoms with van der Waals surface area (Å²) in [4.78, 5) is 23.1. The molecule has 0 bridgehead atoms. The third-order valence-corrected chi connectivity index (χ3v) is 4.04. The van der Waals surface area contributed by atoms with Crippen LogP contribution in [0.4, 0.5) is 19.1 Å². The Balaban J connectivity index is 1.47. The number of alkyl halides is 3. The zero-order chi connectivity index (χ0) is 20.4. The highest BCUT2D eigenvalue weighted by Gasteiger charge is 2.30.